The van der Waals surface area contributed by atoms with Crippen LogP contribution < -0.4 is 42.5 Å². The number of halogens is 9. The zero-order valence-corrected chi connectivity index (χ0v) is 78.3. The molecule has 9 aromatic heterocycles. The number of rotatable bonds is 27. The fourth-order valence-electron chi connectivity index (χ4n) is 14.3. The van der Waals surface area contributed by atoms with Crippen molar-refractivity contribution in [3.8, 4) is 34.4 Å². The number of hydrogen-bond donors (Lipinski definition) is 7. The molecule has 1 atom stereocenters. The molecule has 0 spiro atoms. The molecular formula is C87H114F9N20O13PW. The summed E-state index contributed by atoms with van der Waals surface area (Å²) < 4.78 is 152. The van der Waals surface area contributed by atoms with Crippen LogP contribution in [0.2, 0.25) is 0 Å². The molecule has 0 bridgehead atoms. The second-order valence-corrected chi connectivity index (χ2v) is 33.9. The van der Waals surface area contributed by atoms with Crippen molar-refractivity contribution in [2.24, 2.45) is 47.0 Å². The first kappa shape index (κ1) is 104. The van der Waals surface area contributed by atoms with Crippen molar-refractivity contribution in [2.45, 2.75) is 226 Å². The average molecular weight is 2030 g/mol. The molecule has 9 heterocycles. The van der Waals surface area contributed by atoms with E-state index in [0.29, 0.717) is 122 Å². The van der Waals surface area contributed by atoms with Crippen molar-refractivity contribution >= 4 is 86.9 Å². The molecule has 44 heteroatoms. The summed E-state index contributed by atoms with van der Waals surface area (Å²) in [5.74, 6) is 2.09. The topological polar surface area (TPSA) is 435 Å². The number of oxazole rings is 3. The van der Waals surface area contributed by atoms with E-state index in [1.807, 2.05) is 0 Å². The Kier molecular flexibility index (Phi) is 38.5. The first-order valence-electron chi connectivity index (χ1n) is 43.4. The average Bonchev–Trinajstić information content (AvgIpc) is 1.66. The molecule has 6 aliphatic rings. The van der Waals surface area contributed by atoms with Gasteiger partial charge in [-0.25, -0.2) is 65.8 Å². The Morgan fingerprint density at radius 3 is 1.11 bits per heavy atom. The zero-order valence-electron chi connectivity index (χ0n) is 75.0. The monoisotopic (exact) mass is 2030 g/mol. The summed E-state index contributed by atoms with van der Waals surface area (Å²) in [7, 11) is 1.00. The number of nitrogens with zero attached hydrogens (tertiary/aromatic N) is 14. The minimum atomic E-state index is -4.64. The van der Waals surface area contributed by atoms with Gasteiger partial charge in [-0.3, -0.25) is 43.0 Å². The molecule has 0 aliphatic heterocycles. The number of anilines is 6. The second kappa shape index (κ2) is 48.5. The molecule has 9 N–H and O–H groups in total. The van der Waals surface area contributed by atoms with E-state index in [-0.39, 0.29) is 107 Å². The molecule has 6 aliphatic carbocycles. The number of hydrogen-bond acceptors (Lipinski definition) is 25. The van der Waals surface area contributed by atoms with Crippen LogP contribution in [0.4, 0.5) is 83.6 Å². The van der Waals surface area contributed by atoms with Crippen molar-refractivity contribution < 1.29 is 123 Å². The quantitative estimate of drug-likeness (QED) is 0.0143. The smallest absolute Gasteiger partial charge is 0.444 e. The van der Waals surface area contributed by atoms with Crippen molar-refractivity contribution in [1.29, 1.82) is 0 Å². The van der Waals surface area contributed by atoms with Gasteiger partial charge in [-0.1, -0.05) is 13.8 Å². The van der Waals surface area contributed by atoms with Gasteiger partial charge in [0.1, 0.15) is 53.7 Å². The van der Waals surface area contributed by atoms with Crippen LogP contribution in [0.5, 0.6) is 0 Å². The first-order chi connectivity index (χ1) is 62.0. The number of ether oxygens (including phenoxy) is 2. The zero-order chi connectivity index (χ0) is 94.3. The molecule has 33 nitrogen and oxygen atoms in total. The van der Waals surface area contributed by atoms with Crippen molar-refractivity contribution in [1.82, 2.24) is 59.2 Å². The van der Waals surface area contributed by atoms with Crippen molar-refractivity contribution in [3.05, 3.63) is 127 Å². The van der Waals surface area contributed by atoms with E-state index in [0.717, 1.165) is 110 Å². The number of carbonyl (C=O) groups is 7. The van der Waals surface area contributed by atoms with Gasteiger partial charge in [-0.2, -0.15) is 38.4 Å². The number of aromatic nitrogens is 12. The van der Waals surface area contributed by atoms with E-state index in [4.69, 9.17) is 45.5 Å². The first-order valence-corrected chi connectivity index (χ1v) is 42.7. The molecular weight excluding hydrogens is 1920 g/mol. The number of carbonyl (C=O) groups excluding carboxylic acids is 7. The maximum absolute atomic E-state index is 13.8. The Balaban J connectivity index is 0.000000230. The summed E-state index contributed by atoms with van der Waals surface area (Å²) >= 11 is 0. The number of pyridine rings is 3. The second-order valence-electron chi connectivity index (χ2n) is 33.9. The maximum atomic E-state index is 13.8. The maximum Gasteiger partial charge on any atom is 0.446 e. The van der Waals surface area contributed by atoms with E-state index in [1.165, 1.54) is 69.3 Å². The molecule has 1 unspecified atom stereocenters. The number of aliphatic hydroxyl groups excluding tert-OH is 1. The Labute approximate surface area is 770 Å². The molecule has 131 heavy (non-hydrogen) atoms. The molecule has 0 saturated heterocycles. The number of alkyl halides is 9. The third-order valence-electron chi connectivity index (χ3n) is 21.7. The van der Waals surface area contributed by atoms with Crippen LogP contribution in [0.15, 0.2) is 106 Å². The summed E-state index contributed by atoms with van der Waals surface area (Å²) in [6.45, 7) is 16.1. The SMILES string of the molecule is CC(C)(C)OC(=O)N(CC1CC1)c1cc(-c2nc(C(=O)Nc3cn(C4CCC(C=O)CC4)nc3C(F)F)co2)ccn1.CC(C)(C)OC(=O)N(CC1CC1)c1cc(-c2nc(C(=O)Nc3cn(C4CCC(CN)CC4)nc3C(F)F)co2)ccn1.CO.NCC1CCC(n2cc(NC(=O)c3coc(-c4ccnc(NCC5CC5)c4)n3)c(C(F)F)n2)CC1.O=CC(F)(F)F.P.[2H]CC.[W]. The molecule has 6 saturated carbocycles. The third kappa shape index (κ3) is 31.2. The van der Waals surface area contributed by atoms with Gasteiger partial charge in [0, 0.05) is 109 Å². The van der Waals surface area contributed by atoms with Crippen LogP contribution in [-0.2, 0) is 40.1 Å². The van der Waals surface area contributed by atoms with Crippen LogP contribution in [0.25, 0.3) is 34.4 Å². The van der Waals surface area contributed by atoms with Gasteiger partial charge in [-0.05, 0) is 236 Å². The number of nitrogens with one attached hydrogen (secondary N) is 4. The minimum Gasteiger partial charge on any atom is -0.444 e. The Hall–Kier alpha value is -10.8. The van der Waals surface area contributed by atoms with Crippen LogP contribution in [0.1, 0.15) is 258 Å². The van der Waals surface area contributed by atoms with Gasteiger partial charge >= 0.3 is 18.4 Å². The van der Waals surface area contributed by atoms with Gasteiger partial charge in [0.15, 0.2) is 34.2 Å². The van der Waals surface area contributed by atoms with E-state index in [9.17, 15) is 68.3 Å². The van der Waals surface area contributed by atoms with Crippen LogP contribution in [-0.4, -0.2) is 164 Å². The summed E-state index contributed by atoms with van der Waals surface area (Å²) in [6, 6.07) is 9.90. The molecule has 6 fully saturated rings. The standard InChI is InChI=1S/C29H37F2N7O4.C29H34F2N6O5.C24H29F2N7O2.C2HF3O.C2H6.CH4O.H3P.W/c1-29(2,3)42-28(40)37(14-18-4-5-18)23-12-19(10-11-33-23)27-35-22(16-41-27)26(39)34-21-15-38(36-24(21)25(30)31)20-8-6-17(13-32)7-9-20;1-29(2,3)42-28(40)36(13-17-4-5-17)23-12-19(10-11-32-23)27-34-22(16-41-27)26(39)33-21-14-37(35-24(21)25(30)31)20-8-6-18(15-38)7-9-20;25-22(26)21-18(12-33(32-21)17-5-3-14(10-27)4-6-17)30-23(34)19-13-35-24(31-19)16-7-8-28-20(9-16)29-11-15-1-2-15;3-2(4,5)1-6;2*1-2;;/h10-12,15-18,20,25H,4-9,13-14,32H2,1-3H3,(H,34,39);10-12,14-18,20,25H,4-9,13H2,1-3H3,(H,33,39);7-9,12-15,17,22H,1-6,10-11,27H2,(H,28,29)(H,30,34);1H;1-2H3;2H,1H3;1H3;/i;;;;1D;;;. The fraction of sp³-hybridized carbons (Fsp3) is 0.540. The summed E-state index contributed by atoms with van der Waals surface area (Å²) in [4.78, 5) is 113. The summed E-state index contributed by atoms with van der Waals surface area (Å²) in [5, 5.41) is 30.1. The van der Waals surface area contributed by atoms with Crippen LogP contribution in [0.3, 0.4) is 0 Å². The van der Waals surface area contributed by atoms with Gasteiger partial charge in [0.05, 0.1) is 35.2 Å². The molecule has 714 valence electrons. The van der Waals surface area contributed by atoms with Gasteiger partial charge in [0.25, 0.3) is 37.0 Å². The minimum absolute atomic E-state index is 0. The molecule has 0 aromatic carbocycles. The third-order valence-corrected chi connectivity index (χ3v) is 21.7. The predicted octanol–water partition coefficient (Wildman–Crippen LogP) is 18.2. The van der Waals surface area contributed by atoms with Gasteiger partial charge < -0.3 is 65.4 Å². The normalized spacial score (nSPS) is 18.3. The van der Waals surface area contributed by atoms with Crippen molar-refractivity contribution in [2.75, 3.05) is 70.9 Å². The van der Waals surface area contributed by atoms with Crippen molar-refractivity contribution in [3.63, 3.8) is 0 Å². The molecule has 9 aromatic rings. The Morgan fingerprint density at radius 2 is 0.824 bits per heavy atom. The summed E-state index contributed by atoms with van der Waals surface area (Å²) in [6.07, 6.45) is 14.1. The fourth-order valence-corrected chi connectivity index (χ4v) is 14.3. The molecule has 0 radical (unpaired) electrons. The van der Waals surface area contributed by atoms with Gasteiger partial charge in [0.2, 0.25) is 24.0 Å². The molecule has 15 rings (SSSR count). The van der Waals surface area contributed by atoms with E-state index in [1.54, 1.807) is 95.7 Å². The molecule has 5 amide bonds. The van der Waals surface area contributed by atoms with E-state index >= 15 is 0 Å². The van der Waals surface area contributed by atoms with E-state index in [2.05, 4.69) is 66.5 Å². The Morgan fingerprint density at radius 1 is 0.519 bits per heavy atom. The van der Waals surface area contributed by atoms with E-state index < -0.39 is 89.9 Å². The predicted molar refractivity (Wildman–Crippen MR) is 468 cm³/mol. The number of amides is 5. The number of nitrogens with two attached hydrogens (primary N) is 2. The largest absolute Gasteiger partial charge is 0.446 e. The Bertz CT molecular complexity index is 5200. The number of aliphatic hydroxyl groups is 1. The van der Waals surface area contributed by atoms with Crippen LogP contribution in [0, 0.1) is 35.5 Å². The number of aldehydes is 2. The van der Waals surface area contributed by atoms with Gasteiger partial charge in [-0.15, -0.1) is 0 Å². The van der Waals surface area contributed by atoms with Crippen LogP contribution >= 0.6 is 9.90 Å². The summed E-state index contributed by atoms with van der Waals surface area (Å²) in [5.41, 5.74) is 9.85.